The van der Waals surface area contributed by atoms with Crippen LogP contribution in [0.5, 0.6) is 0 Å². The van der Waals surface area contributed by atoms with Gasteiger partial charge in [0, 0.05) is 7.05 Å². The van der Waals surface area contributed by atoms with Crippen molar-refractivity contribution in [3.63, 3.8) is 0 Å². The molecule has 2 amide bonds. The van der Waals surface area contributed by atoms with Crippen LogP contribution in [0.3, 0.4) is 0 Å². The Morgan fingerprint density at radius 2 is 2.36 bits per heavy atom. The first-order chi connectivity index (χ1) is 5.16. The summed E-state index contributed by atoms with van der Waals surface area (Å²) in [5.41, 5.74) is 1.43. The zero-order valence-corrected chi connectivity index (χ0v) is 5.76. The van der Waals surface area contributed by atoms with Gasteiger partial charge in [-0.15, -0.1) is 0 Å². The molecule has 0 unspecified atom stereocenters. The summed E-state index contributed by atoms with van der Waals surface area (Å²) in [5.74, 6) is -1.18. The molecule has 1 aliphatic rings. The van der Waals surface area contributed by atoms with E-state index in [0.29, 0.717) is 0 Å². The van der Waals surface area contributed by atoms with Crippen LogP contribution in [0.4, 0.5) is 0 Å². The molecular weight excluding hydrogens is 148 g/mol. The molecule has 6 nitrogen and oxygen atoms in total. The predicted octanol–water partition coefficient (Wildman–Crippen LogP) is -1.76. The Morgan fingerprint density at radius 1 is 1.73 bits per heavy atom. The second-order valence-electron chi connectivity index (χ2n) is 1.86. The number of rotatable bonds is 1. The van der Waals surface area contributed by atoms with Crippen molar-refractivity contribution in [2.45, 2.75) is 0 Å². The molecule has 0 bridgehead atoms. The maximum absolute atomic E-state index is 10.8. The summed E-state index contributed by atoms with van der Waals surface area (Å²) in [6, 6.07) is 0. The van der Waals surface area contributed by atoms with E-state index >= 15 is 0 Å². The maximum Gasteiger partial charge on any atom is 0.291 e. The van der Waals surface area contributed by atoms with Gasteiger partial charge in [-0.05, 0) is 0 Å². The molecule has 1 heterocycles. The average molecular weight is 154 g/mol. The minimum atomic E-state index is -0.649. The Morgan fingerprint density at radius 3 is 2.73 bits per heavy atom. The molecule has 0 aromatic rings. The lowest BCUT2D eigenvalue weighted by Crippen LogP contribution is -2.33. The molecule has 0 spiro atoms. The van der Waals surface area contributed by atoms with Crippen molar-refractivity contribution in [2.75, 3.05) is 7.05 Å². The molecular formula is C5H6N4O2. The minimum absolute atomic E-state index is 0.169. The summed E-state index contributed by atoms with van der Waals surface area (Å²) in [6.07, 6.45) is 0. The molecule has 6 heteroatoms. The molecule has 1 rings (SSSR count). The monoisotopic (exact) mass is 154 g/mol. The summed E-state index contributed by atoms with van der Waals surface area (Å²) in [5, 5.41) is 12.6. The fourth-order valence-electron chi connectivity index (χ4n) is 0.609. The fourth-order valence-corrected chi connectivity index (χ4v) is 0.609. The van der Waals surface area contributed by atoms with Crippen molar-refractivity contribution < 1.29 is 9.59 Å². The van der Waals surface area contributed by atoms with Gasteiger partial charge in [-0.25, -0.2) is 5.43 Å². The normalized spacial score (nSPS) is 15.9. The summed E-state index contributed by atoms with van der Waals surface area (Å²) in [6.45, 7) is 0. The van der Waals surface area contributed by atoms with Gasteiger partial charge in [-0.3, -0.25) is 15.0 Å². The molecule has 11 heavy (non-hydrogen) atoms. The van der Waals surface area contributed by atoms with Crippen LogP contribution in [-0.2, 0) is 9.59 Å². The first-order valence-electron chi connectivity index (χ1n) is 2.86. The molecule has 0 saturated heterocycles. The van der Waals surface area contributed by atoms with Crippen LogP contribution in [-0.4, -0.2) is 30.3 Å². The molecule has 58 valence electrons. The highest BCUT2D eigenvalue weighted by molar-refractivity contribution is 6.81. The van der Waals surface area contributed by atoms with Crippen molar-refractivity contribution in [1.82, 2.24) is 10.7 Å². The number of hydrogen-bond acceptors (Lipinski definition) is 4. The highest BCUT2D eigenvalue weighted by Crippen LogP contribution is 1.90. The Hall–Kier alpha value is -1.72. The number of hydrogen-bond donors (Lipinski definition) is 3. The lowest BCUT2D eigenvalue weighted by Gasteiger charge is -1.93. The largest absolute Gasteiger partial charge is 0.354 e. The lowest BCUT2D eigenvalue weighted by atomic mass is 10.2. The number of hydrazone groups is 1. The van der Waals surface area contributed by atoms with Gasteiger partial charge in [-0.2, -0.15) is 5.10 Å². The van der Waals surface area contributed by atoms with Crippen molar-refractivity contribution >= 4 is 23.2 Å². The maximum atomic E-state index is 10.8. The Kier molecular flexibility index (Phi) is 1.67. The molecule has 0 atom stereocenters. The van der Waals surface area contributed by atoms with Gasteiger partial charge >= 0.3 is 0 Å². The summed E-state index contributed by atoms with van der Waals surface area (Å²) < 4.78 is 0. The van der Waals surface area contributed by atoms with Gasteiger partial charge in [0.15, 0.2) is 11.4 Å². The van der Waals surface area contributed by atoms with Gasteiger partial charge in [0.05, 0.1) is 0 Å². The van der Waals surface area contributed by atoms with E-state index in [1.54, 1.807) is 0 Å². The first kappa shape index (κ1) is 7.39. The molecule has 0 aliphatic carbocycles. The van der Waals surface area contributed by atoms with Crippen LogP contribution >= 0.6 is 0 Å². The molecule has 0 aromatic carbocycles. The van der Waals surface area contributed by atoms with Gasteiger partial charge < -0.3 is 5.32 Å². The van der Waals surface area contributed by atoms with Gasteiger partial charge in [0.1, 0.15) is 0 Å². The number of carbonyl (C=O) groups excluding carboxylic acids is 2. The average Bonchev–Trinajstić information content (AvgIpc) is 2.32. The van der Waals surface area contributed by atoms with E-state index in [9.17, 15) is 9.59 Å². The van der Waals surface area contributed by atoms with Crippen LogP contribution < -0.4 is 10.7 Å². The standard InChI is InChI=1S/C5H6N4O2/c1-7-5(11)3-2(6)4(10)9-8-3/h1H3,(H,7,11)(H2,6,9,10). The minimum Gasteiger partial charge on any atom is -0.354 e. The summed E-state index contributed by atoms with van der Waals surface area (Å²) in [7, 11) is 1.40. The summed E-state index contributed by atoms with van der Waals surface area (Å²) >= 11 is 0. The second kappa shape index (κ2) is 2.49. The van der Waals surface area contributed by atoms with Gasteiger partial charge in [-0.1, -0.05) is 0 Å². The third kappa shape index (κ3) is 1.09. The molecule has 0 radical (unpaired) electrons. The Balaban J connectivity index is 2.84. The van der Waals surface area contributed by atoms with E-state index in [2.05, 4.69) is 10.4 Å². The van der Waals surface area contributed by atoms with Crippen LogP contribution in [0, 0.1) is 5.41 Å². The Labute approximate surface area is 62.2 Å². The highest BCUT2D eigenvalue weighted by atomic mass is 16.2. The fraction of sp³-hybridized carbons (Fsp3) is 0.200. The van der Waals surface area contributed by atoms with Crippen molar-refractivity contribution in [3.8, 4) is 0 Å². The van der Waals surface area contributed by atoms with Crippen molar-refractivity contribution in [1.29, 1.82) is 5.41 Å². The number of nitrogens with zero attached hydrogens (tertiary/aromatic N) is 1. The van der Waals surface area contributed by atoms with Crippen molar-refractivity contribution in [2.24, 2.45) is 5.10 Å². The number of carbonyl (C=O) groups is 2. The number of amides is 2. The second-order valence-corrected chi connectivity index (χ2v) is 1.86. The van der Waals surface area contributed by atoms with Crippen LogP contribution in [0.15, 0.2) is 5.10 Å². The zero-order valence-electron chi connectivity index (χ0n) is 5.76. The summed E-state index contributed by atoms with van der Waals surface area (Å²) in [4.78, 5) is 21.4. The van der Waals surface area contributed by atoms with E-state index in [0.717, 1.165) is 0 Å². The van der Waals surface area contributed by atoms with E-state index in [1.807, 2.05) is 5.43 Å². The van der Waals surface area contributed by atoms with Crippen LogP contribution in [0.1, 0.15) is 0 Å². The zero-order chi connectivity index (χ0) is 8.43. The third-order valence-corrected chi connectivity index (χ3v) is 1.18. The predicted molar refractivity (Wildman–Crippen MR) is 37.4 cm³/mol. The van der Waals surface area contributed by atoms with Crippen molar-refractivity contribution in [3.05, 3.63) is 0 Å². The van der Waals surface area contributed by atoms with E-state index < -0.39 is 17.5 Å². The SMILES string of the molecule is CNC(=O)C1=NNC(=O)C1=N. The van der Waals surface area contributed by atoms with E-state index in [-0.39, 0.29) is 5.71 Å². The quantitative estimate of drug-likeness (QED) is 0.417. The first-order valence-corrected chi connectivity index (χ1v) is 2.86. The molecule has 0 saturated carbocycles. The van der Waals surface area contributed by atoms with E-state index in [1.165, 1.54) is 7.05 Å². The molecule has 0 fully saturated rings. The third-order valence-electron chi connectivity index (χ3n) is 1.18. The molecule has 1 aliphatic heterocycles. The van der Waals surface area contributed by atoms with Gasteiger partial charge in [0.25, 0.3) is 11.8 Å². The topological polar surface area (TPSA) is 94.4 Å². The Bertz CT molecular complexity index is 268. The smallest absolute Gasteiger partial charge is 0.291 e. The van der Waals surface area contributed by atoms with Crippen LogP contribution in [0.2, 0.25) is 0 Å². The highest BCUT2D eigenvalue weighted by Gasteiger charge is 2.27. The molecule has 0 aromatic heterocycles. The molecule has 3 N–H and O–H groups in total. The van der Waals surface area contributed by atoms with Gasteiger partial charge in [0.2, 0.25) is 0 Å². The van der Waals surface area contributed by atoms with Crippen LogP contribution in [0.25, 0.3) is 0 Å². The van der Waals surface area contributed by atoms with E-state index in [4.69, 9.17) is 5.41 Å². The number of nitrogens with one attached hydrogen (secondary N) is 3. The lowest BCUT2D eigenvalue weighted by molar-refractivity contribution is -0.115.